The van der Waals surface area contributed by atoms with E-state index in [4.69, 9.17) is 4.74 Å². The number of benzene rings is 1. The Kier molecular flexibility index (Phi) is 6.79. The van der Waals surface area contributed by atoms with Gasteiger partial charge in [-0.2, -0.15) is 0 Å². The van der Waals surface area contributed by atoms with Crippen LogP contribution in [0.25, 0.3) is 10.4 Å². The first-order valence-electron chi connectivity index (χ1n) is 13.0. The summed E-state index contributed by atoms with van der Waals surface area (Å²) in [6.45, 7) is 8.77. The molecule has 1 aromatic carbocycles. The summed E-state index contributed by atoms with van der Waals surface area (Å²) in [6.07, 6.45) is 3.09. The summed E-state index contributed by atoms with van der Waals surface area (Å²) in [6, 6.07) is 10.0. The second-order valence-electron chi connectivity index (χ2n) is 11.3. The van der Waals surface area contributed by atoms with E-state index in [1.807, 2.05) is 56.0 Å². The smallest absolute Gasteiger partial charge is 0.409 e. The van der Waals surface area contributed by atoms with Crippen LogP contribution in [-0.4, -0.2) is 70.7 Å². The van der Waals surface area contributed by atoms with E-state index >= 15 is 0 Å². The molecule has 4 heterocycles. The first kappa shape index (κ1) is 25.7. The minimum atomic E-state index is -1.18. The monoisotopic (exact) mass is 525 g/mol. The zero-order valence-corrected chi connectivity index (χ0v) is 22.5. The highest BCUT2D eigenvalue weighted by molar-refractivity contribution is 7.20. The lowest BCUT2D eigenvalue weighted by Gasteiger charge is -2.44. The summed E-state index contributed by atoms with van der Waals surface area (Å²) in [5.74, 6) is -0.190. The predicted molar refractivity (Wildman–Crippen MR) is 143 cm³/mol. The molecule has 0 aliphatic carbocycles. The van der Waals surface area contributed by atoms with Gasteiger partial charge in [0.15, 0.2) is 0 Å². The number of amides is 2. The van der Waals surface area contributed by atoms with Crippen LogP contribution >= 0.6 is 11.3 Å². The van der Waals surface area contributed by atoms with Gasteiger partial charge in [0.05, 0.1) is 11.0 Å². The van der Waals surface area contributed by atoms with E-state index in [0.717, 1.165) is 61.2 Å². The fourth-order valence-corrected chi connectivity index (χ4v) is 7.68. The molecule has 5 rings (SSSR count). The normalized spacial score (nSPS) is 24.3. The van der Waals surface area contributed by atoms with Gasteiger partial charge in [-0.3, -0.25) is 19.8 Å². The van der Waals surface area contributed by atoms with Crippen LogP contribution in [0, 0.1) is 12.3 Å². The minimum Gasteiger partial charge on any atom is -0.465 e. The maximum atomic E-state index is 13.7. The van der Waals surface area contributed by atoms with E-state index in [1.165, 1.54) is 11.3 Å². The van der Waals surface area contributed by atoms with Gasteiger partial charge in [-0.15, -0.1) is 11.3 Å². The number of carbonyl (C=O) groups excluding carboxylic acids is 2. The highest BCUT2D eigenvalue weighted by atomic mass is 32.1. The third-order valence-electron chi connectivity index (χ3n) is 8.06. The lowest BCUT2D eigenvalue weighted by molar-refractivity contribution is -0.154. The van der Waals surface area contributed by atoms with Crippen molar-refractivity contribution >= 4 is 34.3 Å². The van der Waals surface area contributed by atoms with Gasteiger partial charge in [0.25, 0.3) is 5.91 Å². The van der Waals surface area contributed by atoms with Gasteiger partial charge in [-0.1, -0.05) is 30.3 Å². The molecular formula is C28H35N3O5S. The standard InChI is InChI=1S/C28H35N3O5S/c1-18-21(23(29-26(34)35)37-22(18)19-8-5-4-6-9-19)24(32)30-14-10-20(11-15-30)31-13-7-12-28(17-31)16-27(2,3)36-25(28)33/h4-6,8-9,20,29H,7,10-17H2,1-3H3,(H,34,35). The van der Waals surface area contributed by atoms with Crippen molar-refractivity contribution in [3.63, 3.8) is 0 Å². The Balaban J connectivity index is 1.30. The SMILES string of the molecule is Cc1c(-c2ccccc2)sc(NC(=O)O)c1C(=O)N1CCC(N2CCCC3(C2)CC(C)(C)OC3=O)CC1. The molecule has 0 radical (unpaired) electrons. The Morgan fingerprint density at radius 1 is 1.14 bits per heavy atom. The molecule has 3 aliphatic rings. The van der Waals surface area contributed by atoms with Gasteiger partial charge in [0.2, 0.25) is 0 Å². The highest BCUT2D eigenvalue weighted by Crippen LogP contribution is 2.47. The van der Waals surface area contributed by atoms with Gasteiger partial charge in [0.1, 0.15) is 10.6 Å². The Morgan fingerprint density at radius 2 is 1.84 bits per heavy atom. The molecule has 3 aliphatic heterocycles. The fourth-order valence-electron chi connectivity index (χ4n) is 6.49. The van der Waals surface area contributed by atoms with Crippen molar-refractivity contribution in [1.29, 1.82) is 0 Å². The average Bonchev–Trinajstić information content (AvgIpc) is 3.29. The summed E-state index contributed by atoms with van der Waals surface area (Å²) < 4.78 is 5.69. The highest BCUT2D eigenvalue weighted by Gasteiger charge is 2.54. The van der Waals surface area contributed by atoms with Crippen molar-refractivity contribution in [3.05, 3.63) is 41.5 Å². The molecule has 8 nitrogen and oxygen atoms in total. The van der Waals surface area contributed by atoms with Crippen molar-refractivity contribution in [3.8, 4) is 10.4 Å². The molecule has 37 heavy (non-hydrogen) atoms. The number of likely N-dealkylation sites (tertiary alicyclic amines) is 2. The molecule has 1 aromatic heterocycles. The number of hydrogen-bond acceptors (Lipinski definition) is 6. The van der Waals surface area contributed by atoms with Crippen LogP contribution in [0.15, 0.2) is 30.3 Å². The quantitative estimate of drug-likeness (QED) is 0.531. The minimum absolute atomic E-state index is 0.0598. The van der Waals surface area contributed by atoms with E-state index in [2.05, 4.69) is 10.2 Å². The number of nitrogens with one attached hydrogen (secondary N) is 1. The number of thiophene rings is 1. The van der Waals surface area contributed by atoms with Gasteiger partial charge >= 0.3 is 12.1 Å². The summed E-state index contributed by atoms with van der Waals surface area (Å²) in [7, 11) is 0. The van der Waals surface area contributed by atoms with E-state index in [-0.39, 0.29) is 11.9 Å². The molecule has 2 amide bonds. The number of piperidine rings is 2. The third-order valence-corrected chi connectivity index (χ3v) is 9.31. The molecule has 9 heteroatoms. The zero-order chi connectivity index (χ0) is 26.4. The van der Waals surface area contributed by atoms with Crippen LogP contribution in [0.2, 0.25) is 0 Å². The van der Waals surface area contributed by atoms with Crippen molar-refractivity contribution in [2.45, 2.75) is 64.5 Å². The van der Waals surface area contributed by atoms with Gasteiger partial charge in [-0.05, 0) is 64.1 Å². The van der Waals surface area contributed by atoms with E-state index in [0.29, 0.717) is 29.7 Å². The van der Waals surface area contributed by atoms with Gasteiger partial charge < -0.3 is 14.7 Å². The molecule has 1 spiro atoms. The lowest BCUT2D eigenvalue weighted by Crippen LogP contribution is -2.53. The number of anilines is 1. The predicted octanol–water partition coefficient (Wildman–Crippen LogP) is 5.23. The van der Waals surface area contributed by atoms with Gasteiger partial charge in [-0.25, -0.2) is 4.79 Å². The van der Waals surface area contributed by atoms with Gasteiger partial charge in [0, 0.05) is 37.0 Å². The van der Waals surface area contributed by atoms with E-state index < -0.39 is 17.1 Å². The maximum absolute atomic E-state index is 13.7. The van der Waals surface area contributed by atoms with E-state index in [9.17, 15) is 19.5 Å². The summed E-state index contributed by atoms with van der Waals surface area (Å²) in [4.78, 5) is 43.2. The maximum Gasteiger partial charge on any atom is 0.409 e. The first-order chi connectivity index (χ1) is 17.6. The van der Waals surface area contributed by atoms with Crippen LogP contribution in [0.4, 0.5) is 9.80 Å². The number of carboxylic acid groups (broad SMARTS) is 1. The van der Waals surface area contributed by atoms with Crippen LogP contribution in [0.1, 0.15) is 61.9 Å². The number of esters is 1. The summed E-state index contributed by atoms with van der Waals surface area (Å²) >= 11 is 1.30. The number of hydrogen-bond donors (Lipinski definition) is 2. The molecule has 0 bridgehead atoms. The first-order valence-corrected chi connectivity index (χ1v) is 13.9. The molecular weight excluding hydrogens is 490 g/mol. The molecule has 2 N–H and O–H groups in total. The van der Waals surface area contributed by atoms with E-state index in [1.54, 1.807) is 0 Å². The number of nitrogens with zero attached hydrogens (tertiary/aromatic N) is 2. The van der Waals surface area contributed by atoms with Crippen molar-refractivity contribution in [1.82, 2.24) is 9.80 Å². The molecule has 1 atom stereocenters. The number of ether oxygens (including phenoxy) is 1. The second kappa shape index (κ2) is 9.76. The molecule has 3 fully saturated rings. The zero-order valence-electron chi connectivity index (χ0n) is 21.7. The van der Waals surface area contributed by atoms with Crippen LogP contribution in [-0.2, 0) is 9.53 Å². The molecule has 0 saturated carbocycles. The van der Waals surface area contributed by atoms with Crippen LogP contribution < -0.4 is 5.32 Å². The van der Waals surface area contributed by atoms with Crippen LogP contribution in [0.5, 0.6) is 0 Å². The van der Waals surface area contributed by atoms with Crippen molar-refractivity contribution in [2.75, 3.05) is 31.5 Å². The summed E-state index contributed by atoms with van der Waals surface area (Å²) in [5.41, 5.74) is 1.39. The summed E-state index contributed by atoms with van der Waals surface area (Å²) in [5, 5.41) is 12.2. The fraction of sp³-hybridized carbons (Fsp3) is 0.536. The molecule has 198 valence electrons. The Bertz CT molecular complexity index is 1200. The Hall–Kier alpha value is -2.91. The topological polar surface area (TPSA) is 99.2 Å². The van der Waals surface area contributed by atoms with Crippen molar-refractivity contribution < 1.29 is 24.2 Å². The largest absolute Gasteiger partial charge is 0.465 e. The van der Waals surface area contributed by atoms with Crippen LogP contribution in [0.3, 0.4) is 0 Å². The number of carbonyl (C=O) groups is 3. The average molecular weight is 526 g/mol. The number of rotatable bonds is 4. The Morgan fingerprint density at radius 3 is 2.46 bits per heavy atom. The molecule has 2 aromatic rings. The molecule has 1 unspecified atom stereocenters. The second-order valence-corrected chi connectivity index (χ2v) is 12.3. The van der Waals surface area contributed by atoms with Crippen molar-refractivity contribution in [2.24, 2.45) is 5.41 Å². The third kappa shape index (κ3) is 4.99. The molecule has 3 saturated heterocycles. The lowest BCUT2D eigenvalue weighted by atomic mass is 9.74. The Labute approximate surface area is 221 Å². The number of cyclic esters (lactones) is 1.